The quantitative estimate of drug-likeness (QED) is 0.508. The molecule has 29 heavy (non-hydrogen) atoms. The first-order valence-corrected chi connectivity index (χ1v) is 9.61. The van der Waals surface area contributed by atoms with Gasteiger partial charge in [-0.15, -0.1) is 0 Å². The molecule has 1 heterocycles. The summed E-state index contributed by atoms with van der Waals surface area (Å²) in [6, 6.07) is 12.9. The highest BCUT2D eigenvalue weighted by molar-refractivity contribution is 6.01. The van der Waals surface area contributed by atoms with Crippen LogP contribution in [0.5, 0.6) is 23.0 Å². The number of rotatable bonds is 4. The molecule has 0 radical (unpaired) electrons. The van der Waals surface area contributed by atoms with Crippen LogP contribution in [0.3, 0.4) is 0 Å². The van der Waals surface area contributed by atoms with E-state index >= 15 is 0 Å². The topological polar surface area (TPSA) is 87.4 Å². The normalized spacial score (nSPS) is 15.4. The maximum absolute atomic E-state index is 10.7. The summed E-state index contributed by atoms with van der Waals surface area (Å²) in [5.74, 6) is -0.922. The molecule has 4 N–H and O–H groups in total. The molecule has 1 saturated heterocycles. The molecule has 3 aromatic carbocycles. The van der Waals surface area contributed by atoms with Gasteiger partial charge >= 0.3 is 0 Å². The molecule has 0 unspecified atom stereocenters. The van der Waals surface area contributed by atoms with Crippen LogP contribution in [0, 0.1) is 0 Å². The summed E-state index contributed by atoms with van der Waals surface area (Å²) in [5, 5.41) is 46.4. The Balaban J connectivity index is 1.70. The van der Waals surface area contributed by atoms with Gasteiger partial charge in [0, 0.05) is 36.3 Å². The van der Waals surface area contributed by atoms with Gasteiger partial charge in [-0.2, -0.15) is 0 Å². The van der Waals surface area contributed by atoms with Crippen LogP contribution in [0.2, 0.25) is 0 Å². The number of benzene rings is 3. The van der Waals surface area contributed by atoms with Crippen molar-refractivity contribution in [3.8, 4) is 23.0 Å². The van der Waals surface area contributed by atoms with Gasteiger partial charge in [0.25, 0.3) is 0 Å². The smallest absolute Gasteiger partial charge is 0.136 e. The molecule has 1 fully saturated rings. The van der Waals surface area contributed by atoms with Crippen LogP contribution >= 0.6 is 0 Å². The van der Waals surface area contributed by atoms with E-state index in [0.29, 0.717) is 5.22 Å². The van der Waals surface area contributed by atoms with Crippen LogP contribution in [0.4, 0.5) is 0 Å². The van der Waals surface area contributed by atoms with Crippen molar-refractivity contribution in [3.05, 3.63) is 58.5 Å². The number of aromatic hydroxyl groups is 4. The summed E-state index contributed by atoms with van der Waals surface area (Å²) < 4.78 is 0. The summed E-state index contributed by atoms with van der Waals surface area (Å²) in [7, 11) is 0. The van der Waals surface area contributed by atoms with Crippen molar-refractivity contribution in [1.82, 2.24) is 10.0 Å². The zero-order chi connectivity index (χ0) is 20.5. The van der Waals surface area contributed by atoms with Crippen molar-refractivity contribution < 1.29 is 20.4 Å². The maximum atomic E-state index is 10.7. The van der Waals surface area contributed by atoms with Gasteiger partial charge in [-0.3, -0.25) is 0 Å². The van der Waals surface area contributed by atoms with Gasteiger partial charge in [0.1, 0.15) is 23.0 Å². The first kappa shape index (κ1) is 19.0. The molecule has 6 heteroatoms. The van der Waals surface area contributed by atoms with Crippen LogP contribution in [0.25, 0.3) is 23.6 Å². The Bertz CT molecular complexity index is 1160. The molecule has 0 aliphatic carbocycles. The Kier molecular flexibility index (Phi) is 4.94. The zero-order valence-corrected chi connectivity index (χ0v) is 16.0. The third kappa shape index (κ3) is 3.54. The third-order valence-electron chi connectivity index (χ3n) is 5.37. The molecule has 1 aliphatic rings. The van der Waals surface area contributed by atoms with E-state index in [2.05, 4.69) is 23.7 Å². The van der Waals surface area contributed by atoms with Crippen LogP contribution in [0.15, 0.2) is 42.5 Å². The maximum Gasteiger partial charge on any atom is 0.136 e. The largest absolute Gasteiger partial charge is 0.507 e. The molecular formula is C23H24N2O4. The molecule has 0 saturated carbocycles. The number of hydrazine groups is 1. The zero-order valence-electron chi connectivity index (χ0n) is 16.0. The first-order valence-electron chi connectivity index (χ1n) is 9.61. The Morgan fingerprint density at radius 3 is 2.34 bits per heavy atom. The SMILES string of the molecule is C=c1cc(O)c2c(O)c(=CN3CCCN3CCc3ccccc3)cc(O)c2c1O. The fourth-order valence-corrected chi connectivity index (χ4v) is 3.87. The fourth-order valence-electron chi connectivity index (χ4n) is 3.87. The second kappa shape index (κ2) is 7.56. The van der Waals surface area contributed by atoms with Gasteiger partial charge < -0.3 is 25.4 Å². The van der Waals surface area contributed by atoms with Gasteiger partial charge in [0.05, 0.1) is 10.8 Å². The van der Waals surface area contributed by atoms with Gasteiger partial charge in [0.15, 0.2) is 0 Å². The molecule has 0 atom stereocenters. The summed E-state index contributed by atoms with van der Waals surface area (Å²) in [5.41, 5.74) is 1.26. The van der Waals surface area contributed by atoms with Crippen LogP contribution in [-0.4, -0.2) is 50.1 Å². The van der Waals surface area contributed by atoms with Crippen molar-refractivity contribution >= 4 is 23.6 Å². The molecule has 0 aromatic heterocycles. The highest BCUT2D eigenvalue weighted by Gasteiger charge is 2.21. The van der Waals surface area contributed by atoms with Crippen molar-refractivity contribution in [1.29, 1.82) is 0 Å². The molecule has 3 aromatic rings. The number of hydrogen-bond acceptors (Lipinski definition) is 6. The second-order valence-electron chi connectivity index (χ2n) is 7.32. The third-order valence-corrected chi connectivity index (χ3v) is 5.37. The monoisotopic (exact) mass is 392 g/mol. The molecule has 4 rings (SSSR count). The summed E-state index contributed by atoms with van der Waals surface area (Å²) in [4.78, 5) is 0. The van der Waals surface area contributed by atoms with Crippen molar-refractivity contribution in [2.75, 3.05) is 19.6 Å². The number of phenolic OH excluding ortho intramolecular Hbond substituents is 4. The Morgan fingerprint density at radius 1 is 0.897 bits per heavy atom. The fraction of sp³-hybridized carbons (Fsp3) is 0.217. The van der Waals surface area contributed by atoms with Gasteiger partial charge in [0.2, 0.25) is 0 Å². The van der Waals surface area contributed by atoms with E-state index < -0.39 is 0 Å². The van der Waals surface area contributed by atoms with Gasteiger partial charge in [-0.05, 0) is 30.5 Å². The van der Waals surface area contributed by atoms with Crippen LogP contribution < -0.4 is 10.4 Å². The predicted octanol–water partition coefficient (Wildman–Crippen LogP) is 1.98. The minimum Gasteiger partial charge on any atom is -0.507 e. The molecule has 1 aliphatic heterocycles. The van der Waals surface area contributed by atoms with E-state index in [9.17, 15) is 20.4 Å². The lowest BCUT2D eigenvalue weighted by molar-refractivity contribution is 0.101. The highest BCUT2D eigenvalue weighted by Crippen LogP contribution is 2.38. The van der Waals surface area contributed by atoms with Crippen LogP contribution in [0.1, 0.15) is 12.0 Å². The molecule has 0 bridgehead atoms. The Labute approximate surface area is 168 Å². The Morgan fingerprint density at radius 2 is 1.59 bits per heavy atom. The summed E-state index contributed by atoms with van der Waals surface area (Å²) in [6.07, 6.45) is 3.66. The lowest BCUT2D eigenvalue weighted by atomic mass is 10.0. The van der Waals surface area contributed by atoms with E-state index in [-0.39, 0.29) is 39.0 Å². The summed E-state index contributed by atoms with van der Waals surface area (Å²) >= 11 is 0. The highest BCUT2D eigenvalue weighted by atomic mass is 16.3. The van der Waals surface area contributed by atoms with E-state index in [4.69, 9.17) is 0 Å². The van der Waals surface area contributed by atoms with E-state index in [0.717, 1.165) is 32.5 Å². The molecule has 0 spiro atoms. The number of fused-ring (bicyclic) bond motifs is 1. The lowest BCUT2D eigenvalue weighted by Crippen LogP contribution is -2.35. The summed E-state index contributed by atoms with van der Waals surface area (Å²) in [6.45, 7) is 6.17. The van der Waals surface area contributed by atoms with Crippen molar-refractivity contribution in [2.24, 2.45) is 0 Å². The lowest BCUT2D eigenvalue weighted by Gasteiger charge is -2.26. The van der Waals surface area contributed by atoms with Gasteiger partial charge in [-0.1, -0.05) is 36.9 Å². The molecule has 150 valence electrons. The van der Waals surface area contributed by atoms with Crippen molar-refractivity contribution in [2.45, 2.75) is 12.8 Å². The average molecular weight is 392 g/mol. The molecular weight excluding hydrogens is 368 g/mol. The number of nitrogens with zero attached hydrogens (tertiary/aromatic N) is 2. The average Bonchev–Trinajstić information content (AvgIpc) is 3.15. The van der Waals surface area contributed by atoms with E-state index in [1.54, 1.807) is 6.20 Å². The molecule has 6 nitrogen and oxygen atoms in total. The van der Waals surface area contributed by atoms with Crippen LogP contribution in [-0.2, 0) is 6.42 Å². The first-order chi connectivity index (χ1) is 14.0. The minimum absolute atomic E-state index is 0.00740. The van der Waals surface area contributed by atoms with Crippen molar-refractivity contribution in [3.63, 3.8) is 0 Å². The number of phenols is 4. The minimum atomic E-state index is -0.261. The van der Waals surface area contributed by atoms with E-state index in [1.807, 2.05) is 23.2 Å². The standard InChI is InChI=1S/C23H24N2O4/c1-15-12-18(26)21-20(22(15)28)19(27)13-17(23(21)29)14-25-10-5-9-24(25)11-8-16-6-3-2-4-7-16/h2-4,6-7,12-14,26-29H,1,5,8-11H2. The number of hydrogen-bond donors (Lipinski definition) is 4. The Hall–Kier alpha value is -3.38. The second-order valence-corrected chi connectivity index (χ2v) is 7.32. The van der Waals surface area contributed by atoms with E-state index in [1.165, 1.54) is 17.7 Å². The predicted molar refractivity (Wildman–Crippen MR) is 113 cm³/mol. The molecule has 0 amide bonds. The van der Waals surface area contributed by atoms with Gasteiger partial charge in [-0.25, -0.2) is 5.01 Å².